The molecule has 0 unspecified atom stereocenters. The number of hydrogen-bond donors (Lipinski definition) is 0. The lowest BCUT2D eigenvalue weighted by Gasteiger charge is -2.16. The van der Waals surface area contributed by atoms with Crippen LogP contribution in [-0.4, -0.2) is 32.2 Å². The summed E-state index contributed by atoms with van der Waals surface area (Å²) in [6.07, 6.45) is 1.13. The topological polar surface area (TPSA) is 27.7 Å². The summed E-state index contributed by atoms with van der Waals surface area (Å²) in [6.45, 7) is 5.29. The van der Waals surface area contributed by atoms with Gasteiger partial charge < -0.3 is 14.2 Å². The van der Waals surface area contributed by atoms with Gasteiger partial charge in [0.1, 0.15) is 0 Å². The molecule has 0 aromatic rings. The molecule has 0 aromatic carbocycles. The van der Waals surface area contributed by atoms with Crippen molar-refractivity contribution < 1.29 is 14.2 Å². The third kappa shape index (κ3) is 2.77. The summed E-state index contributed by atoms with van der Waals surface area (Å²) in [6, 6.07) is 0. The van der Waals surface area contributed by atoms with Crippen LogP contribution in [0.25, 0.3) is 0 Å². The molecule has 0 aliphatic carbocycles. The second kappa shape index (κ2) is 3.52. The molecule has 0 N–H and O–H groups in total. The fourth-order valence-electron chi connectivity index (χ4n) is 1.15. The van der Waals surface area contributed by atoms with Crippen LogP contribution in [0.1, 0.15) is 20.3 Å². The molecule has 0 saturated carbocycles. The Balaban J connectivity index is 2.20. The molecular formula is C8H16O3. The molecule has 1 aliphatic heterocycles. The van der Waals surface area contributed by atoms with E-state index in [1.807, 2.05) is 13.8 Å². The molecule has 1 saturated heterocycles. The summed E-state index contributed by atoms with van der Waals surface area (Å²) in [5.41, 5.74) is 0. The number of hydrogen-bond acceptors (Lipinski definition) is 3. The van der Waals surface area contributed by atoms with E-state index < -0.39 is 5.79 Å². The van der Waals surface area contributed by atoms with Gasteiger partial charge in [-0.1, -0.05) is 0 Å². The molecule has 3 heteroatoms. The van der Waals surface area contributed by atoms with Gasteiger partial charge in [-0.2, -0.15) is 0 Å². The van der Waals surface area contributed by atoms with Gasteiger partial charge in [0.2, 0.25) is 0 Å². The molecule has 1 atom stereocenters. The molecule has 0 spiro atoms. The van der Waals surface area contributed by atoms with E-state index >= 15 is 0 Å². The lowest BCUT2D eigenvalue weighted by molar-refractivity contribution is -0.140. The van der Waals surface area contributed by atoms with Gasteiger partial charge in [0.25, 0.3) is 0 Å². The van der Waals surface area contributed by atoms with E-state index in [9.17, 15) is 0 Å². The van der Waals surface area contributed by atoms with Crippen LogP contribution in [0, 0.1) is 0 Å². The maximum absolute atomic E-state index is 5.55. The van der Waals surface area contributed by atoms with Crippen molar-refractivity contribution in [1.29, 1.82) is 0 Å². The highest BCUT2D eigenvalue weighted by Crippen LogP contribution is 2.23. The molecule has 0 radical (unpaired) electrons. The van der Waals surface area contributed by atoms with E-state index in [2.05, 4.69) is 0 Å². The second-order valence-electron chi connectivity index (χ2n) is 3.23. The minimum Gasteiger partial charge on any atom is -0.385 e. The highest BCUT2D eigenvalue weighted by atomic mass is 16.7. The predicted octanol–water partition coefficient (Wildman–Crippen LogP) is 1.17. The van der Waals surface area contributed by atoms with Gasteiger partial charge in [0.15, 0.2) is 5.79 Å². The van der Waals surface area contributed by atoms with E-state index in [0.29, 0.717) is 6.61 Å². The van der Waals surface area contributed by atoms with Crippen molar-refractivity contribution in [3.8, 4) is 0 Å². The minimum atomic E-state index is -0.390. The fourth-order valence-corrected chi connectivity index (χ4v) is 1.15. The zero-order valence-electron chi connectivity index (χ0n) is 7.42. The zero-order chi connectivity index (χ0) is 8.32. The van der Waals surface area contributed by atoms with E-state index in [4.69, 9.17) is 14.2 Å². The van der Waals surface area contributed by atoms with Crippen LogP contribution >= 0.6 is 0 Å². The highest BCUT2D eigenvalue weighted by molar-refractivity contribution is 4.70. The Labute approximate surface area is 67.6 Å². The number of rotatable bonds is 3. The molecule has 0 aromatic heterocycles. The first-order chi connectivity index (χ1) is 5.14. The zero-order valence-corrected chi connectivity index (χ0v) is 7.42. The first-order valence-corrected chi connectivity index (χ1v) is 3.95. The highest BCUT2D eigenvalue weighted by Gasteiger charge is 2.31. The van der Waals surface area contributed by atoms with Gasteiger partial charge in [-0.3, -0.25) is 0 Å². The third-order valence-electron chi connectivity index (χ3n) is 1.71. The van der Waals surface area contributed by atoms with Crippen molar-refractivity contribution in [3.63, 3.8) is 0 Å². The van der Waals surface area contributed by atoms with Crippen LogP contribution in [0.4, 0.5) is 0 Å². The van der Waals surface area contributed by atoms with Crippen molar-refractivity contribution in [1.82, 2.24) is 0 Å². The van der Waals surface area contributed by atoms with Gasteiger partial charge in [-0.15, -0.1) is 0 Å². The Hall–Kier alpha value is -0.120. The summed E-state index contributed by atoms with van der Waals surface area (Å²) in [4.78, 5) is 0. The summed E-state index contributed by atoms with van der Waals surface area (Å²) in [5.74, 6) is -0.390. The van der Waals surface area contributed by atoms with E-state index in [1.165, 1.54) is 0 Å². The Kier molecular flexibility index (Phi) is 2.87. The standard InChI is InChI=1S/C8H16O3/c1-8(2)10-6-7(11-8)4-5-9-3/h7H,4-6H2,1-3H3/t7-/m0/s1. The predicted molar refractivity (Wildman–Crippen MR) is 41.4 cm³/mol. The average Bonchev–Trinajstić information content (AvgIpc) is 2.26. The van der Waals surface area contributed by atoms with Crippen molar-refractivity contribution in [3.05, 3.63) is 0 Å². The summed E-state index contributed by atoms with van der Waals surface area (Å²) < 4.78 is 15.9. The first-order valence-electron chi connectivity index (χ1n) is 3.95. The van der Waals surface area contributed by atoms with E-state index in [1.54, 1.807) is 7.11 Å². The first kappa shape index (κ1) is 8.97. The second-order valence-corrected chi connectivity index (χ2v) is 3.23. The maximum Gasteiger partial charge on any atom is 0.163 e. The average molecular weight is 160 g/mol. The summed E-state index contributed by atoms with van der Waals surface area (Å²) >= 11 is 0. The lowest BCUT2D eigenvalue weighted by Crippen LogP contribution is -2.21. The Morgan fingerprint density at radius 2 is 2.27 bits per heavy atom. The van der Waals surface area contributed by atoms with Gasteiger partial charge >= 0.3 is 0 Å². The van der Waals surface area contributed by atoms with Crippen LogP contribution in [-0.2, 0) is 14.2 Å². The molecule has 0 bridgehead atoms. The smallest absolute Gasteiger partial charge is 0.163 e. The van der Waals surface area contributed by atoms with Crippen molar-refractivity contribution in [2.45, 2.75) is 32.2 Å². The van der Waals surface area contributed by atoms with E-state index in [-0.39, 0.29) is 6.10 Å². The molecule has 11 heavy (non-hydrogen) atoms. The summed E-state index contributed by atoms with van der Waals surface area (Å²) in [5, 5.41) is 0. The summed E-state index contributed by atoms with van der Waals surface area (Å²) in [7, 11) is 1.70. The van der Waals surface area contributed by atoms with Crippen LogP contribution in [0.5, 0.6) is 0 Å². The minimum absolute atomic E-state index is 0.213. The van der Waals surface area contributed by atoms with Crippen molar-refractivity contribution >= 4 is 0 Å². The maximum atomic E-state index is 5.55. The molecule has 1 aliphatic rings. The Bertz CT molecular complexity index is 123. The van der Waals surface area contributed by atoms with Crippen LogP contribution in [0.15, 0.2) is 0 Å². The fraction of sp³-hybridized carbons (Fsp3) is 1.00. The number of methoxy groups -OCH3 is 1. The number of ether oxygens (including phenoxy) is 3. The van der Waals surface area contributed by atoms with Crippen molar-refractivity contribution in [2.75, 3.05) is 20.3 Å². The lowest BCUT2D eigenvalue weighted by atomic mass is 10.3. The molecular weight excluding hydrogens is 144 g/mol. The SMILES string of the molecule is COCC[C@H]1COC(C)(C)O1. The van der Waals surface area contributed by atoms with Gasteiger partial charge in [-0.25, -0.2) is 0 Å². The Morgan fingerprint density at radius 3 is 2.73 bits per heavy atom. The molecule has 1 rings (SSSR count). The third-order valence-corrected chi connectivity index (χ3v) is 1.71. The largest absolute Gasteiger partial charge is 0.385 e. The van der Waals surface area contributed by atoms with Crippen LogP contribution in [0.3, 0.4) is 0 Å². The Morgan fingerprint density at radius 1 is 1.55 bits per heavy atom. The molecule has 1 fully saturated rings. The monoisotopic (exact) mass is 160 g/mol. The molecule has 1 heterocycles. The van der Waals surface area contributed by atoms with Gasteiger partial charge in [0.05, 0.1) is 12.7 Å². The van der Waals surface area contributed by atoms with Gasteiger partial charge in [0, 0.05) is 13.7 Å². The molecule has 3 nitrogen and oxygen atoms in total. The van der Waals surface area contributed by atoms with Crippen LogP contribution in [0.2, 0.25) is 0 Å². The quantitative estimate of drug-likeness (QED) is 0.620. The van der Waals surface area contributed by atoms with Gasteiger partial charge in [-0.05, 0) is 20.3 Å². The van der Waals surface area contributed by atoms with E-state index in [0.717, 1.165) is 13.0 Å². The molecule has 0 amide bonds. The molecule has 66 valence electrons. The normalized spacial score (nSPS) is 29.2. The van der Waals surface area contributed by atoms with Crippen LogP contribution < -0.4 is 0 Å². The van der Waals surface area contributed by atoms with Crippen molar-refractivity contribution in [2.24, 2.45) is 0 Å².